The largest absolute Gasteiger partial charge is 0.310 e. The minimum atomic E-state index is -0.555. The SMILES string of the molecule is c1ccc(-c2ccc(N(c3ccccc3)c3ccc4c(c3)C3(c5ccccc5-4)c4cccc(N(c5ccccc5)c5ccccc5)c4-c4sc5ccccc5c43)cc2)cc1. The molecule has 60 heavy (non-hydrogen) atoms. The van der Waals surface area contributed by atoms with Crippen molar-refractivity contribution in [3.8, 4) is 32.7 Å². The predicted molar refractivity (Wildman–Crippen MR) is 253 cm³/mol. The molecule has 1 spiro atoms. The van der Waals surface area contributed by atoms with Gasteiger partial charge in [0.2, 0.25) is 0 Å². The standard InChI is InChI=1S/C57H38N2S/c1-5-18-39(19-6-1)40-32-34-44(35-33-40)58(41-20-7-2-8-21-41)45-36-37-47-46-26-13-15-28-49(46)57(51(47)38-45)50-29-17-30-52(54(50)56-55(57)48-27-14-16-31-53(48)60-56)59(42-22-9-3-10-23-42)43-24-11-4-12-25-43/h1-38H. The van der Waals surface area contributed by atoms with Crippen molar-refractivity contribution >= 4 is 55.5 Å². The maximum Gasteiger partial charge on any atom is 0.0741 e. The van der Waals surface area contributed by atoms with Gasteiger partial charge in [0, 0.05) is 43.6 Å². The molecule has 0 fully saturated rings. The van der Waals surface area contributed by atoms with Crippen molar-refractivity contribution in [3.05, 3.63) is 253 Å². The van der Waals surface area contributed by atoms with Gasteiger partial charge < -0.3 is 9.80 Å². The lowest BCUT2D eigenvalue weighted by atomic mass is 9.70. The van der Waals surface area contributed by atoms with E-state index >= 15 is 0 Å². The molecule has 2 aliphatic carbocycles. The van der Waals surface area contributed by atoms with Crippen LogP contribution in [0.15, 0.2) is 231 Å². The average molecular weight is 783 g/mol. The van der Waals surface area contributed by atoms with Crippen molar-refractivity contribution in [2.45, 2.75) is 5.41 Å². The third kappa shape index (κ3) is 5.13. The van der Waals surface area contributed by atoms with Crippen LogP contribution in [0, 0.1) is 0 Å². The molecule has 3 heteroatoms. The van der Waals surface area contributed by atoms with E-state index in [2.05, 4.69) is 240 Å². The van der Waals surface area contributed by atoms with E-state index in [-0.39, 0.29) is 0 Å². The zero-order valence-corrected chi connectivity index (χ0v) is 33.6. The second-order valence-electron chi connectivity index (χ2n) is 15.6. The van der Waals surface area contributed by atoms with Gasteiger partial charge in [0.05, 0.1) is 11.1 Å². The zero-order valence-electron chi connectivity index (χ0n) is 32.7. The summed E-state index contributed by atoms with van der Waals surface area (Å²) in [4.78, 5) is 6.20. The highest BCUT2D eigenvalue weighted by molar-refractivity contribution is 7.22. The molecule has 12 rings (SSSR count). The lowest BCUT2D eigenvalue weighted by Gasteiger charge is -2.33. The molecular formula is C57H38N2S. The minimum Gasteiger partial charge on any atom is -0.310 e. The first-order valence-corrected chi connectivity index (χ1v) is 21.4. The molecular weight excluding hydrogens is 745 g/mol. The van der Waals surface area contributed by atoms with Gasteiger partial charge in [0.15, 0.2) is 0 Å². The Labute approximate surface area is 354 Å². The van der Waals surface area contributed by atoms with E-state index < -0.39 is 5.41 Å². The van der Waals surface area contributed by atoms with Crippen LogP contribution >= 0.6 is 11.3 Å². The average Bonchev–Trinajstić information content (AvgIpc) is 3.94. The highest BCUT2D eigenvalue weighted by Crippen LogP contribution is 2.68. The first kappa shape index (κ1) is 34.6. The van der Waals surface area contributed by atoms with Crippen molar-refractivity contribution < 1.29 is 0 Å². The van der Waals surface area contributed by atoms with Crippen LogP contribution in [-0.4, -0.2) is 0 Å². The number of thiophene rings is 1. The van der Waals surface area contributed by atoms with Gasteiger partial charge in [0.25, 0.3) is 0 Å². The molecule has 1 atom stereocenters. The molecule has 2 aliphatic rings. The number of hydrogen-bond acceptors (Lipinski definition) is 3. The van der Waals surface area contributed by atoms with Gasteiger partial charge in [-0.25, -0.2) is 0 Å². The summed E-state index contributed by atoms with van der Waals surface area (Å²) in [5.41, 5.74) is 17.9. The number of fused-ring (bicyclic) bond motifs is 12. The molecule has 0 radical (unpaired) electrons. The van der Waals surface area contributed by atoms with Crippen LogP contribution in [0.1, 0.15) is 22.3 Å². The number of benzene rings is 9. The second kappa shape index (κ2) is 13.8. The first-order valence-electron chi connectivity index (χ1n) is 20.6. The van der Waals surface area contributed by atoms with Crippen LogP contribution < -0.4 is 9.80 Å². The van der Waals surface area contributed by atoms with Crippen molar-refractivity contribution in [2.75, 3.05) is 9.80 Å². The maximum atomic E-state index is 2.50. The van der Waals surface area contributed by atoms with Crippen LogP contribution in [0.25, 0.3) is 42.8 Å². The van der Waals surface area contributed by atoms with Crippen LogP contribution in [-0.2, 0) is 5.41 Å². The van der Waals surface area contributed by atoms with Crippen LogP contribution in [0.5, 0.6) is 0 Å². The predicted octanol–water partition coefficient (Wildman–Crippen LogP) is 15.9. The lowest BCUT2D eigenvalue weighted by Crippen LogP contribution is -2.26. The molecule has 1 aromatic heterocycles. The van der Waals surface area contributed by atoms with E-state index in [9.17, 15) is 0 Å². The molecule has 0 bridgehead atoms. The Morgan fingerprint density at radius 2 is 0.867 bits per heavy atom. The topological polar surface area (TPSA) is 6.48 Å². The monoisotopic (exact) mass is 782 g/mol. The van der Waals surface area contributed by atoms with Gasteiger partial charge in [0.1, 0.15) is 0 Å². The highest BCUT2D eigenvalue weighted by atomic mass is 32.1. The fourth-order valence-corrected chi connectivity index (χ4v) is 11.3. The number of hydrogen-bond donors (Lipinski definition) is 0. The summed E-state index contributed by atoms with van der Waals surface area (Å²) < 4.78 is 1.31. The van der Waals surface area contributed by atoms with Gasteiger partial charge >= 0.3 is 0 Å². The van der Waals surface area contributed by atoms with Crippen molar-refractivity contribution in [2.24, 2.45) is 0 Å². The fraction of sp³-hybridized carbons (Fsp3) is 0.0175. The molecule has 0 aliphatic heterocycles. The number of rotatable bonds is 7. The van der Waals surface area contributed by atoms with Gasteiger partial charge in [-0.3, -0.25) is 0 Å². The molecule has 0 amide bonds. The molecule has 0 saturated heterocycles. The van der Waals surface area contributed by atoms with Crippen LogP contribution in [0.2, 0.25) is 0 Å². The van der Waals surface area contributed by atoms with Crippen molar-refractivity contribution in [1.82, 2.24) is 0 Å². The molecule has 1 unspecified atom stereocenters. The first-order chi connectivity index (χ1) is 29.8. The van der Waals surface area contributed by atoms with E-state index in [4.69, 9.17) is 0 Å². The fourth-order valence-electron chi connectivity index (χ4n) is 10.0. The Balaban J connectivity index is 1.14. The Morgan fingerprint density at radius 1 is 0.350 bits per heavy atom. The van der Waals surface area contributed by atoms with Crippen molar-refractivity contribution in [3.63, 3.8) is 0 Å². The van der Waals surface area contributed by atoms with E-state index in [1.54, 1.807) is 0 Å². The van der Waals surface area contributed by atoms with Gasteiger partial charge in [-0.2, -0.15) is 0 Å². The smallest absolute Gasteiger partial charge is 0.0741 e. The molecule has 0 saturated carbocycles. The van der Waals surface area contributed by atoms with E-state index in [0.29, 0.717) is 0 Å². The summed E-state index contributed by atoms with van der Waals surface area (Å²) >= 11 is 1.93. The number of para-hydroxylation sites is 3. The number of nitrogens with zero attached hydrogens (tertiary/aromatic N) is 2. The number of anilines is 6. The molecule has 9 aromatic carbocycles. The van der Waals surface area contributed by atoms with Gasteiger partial charge in [-0.1, -0.05) is 158 Å². The molecule has 2 nitrogen and oxygen atoms in total. The minimum absolute atomic E-state index is 0.555. The van der Waals surface area contributed by atoms with Crippen LogP contribution in [0.3, 0.4) is 0 Å². The highest BCUT2D eigenvalue weighted by Gasteiger charge is 2.54. The Kier molecular flexibility index (Phi) is 7.97. The summed E-state index contributed by atoms with van der Waals surface area (Å²) in [7, 11) is 0. The zero-order chi connectivity index (χ0) is 39.6. The summed E-state index contributed by atoms with van der Waals surface area (Å²) in [6.45, 7) is 0. The molecule has 0 N–H and O–H groups in total. The Morgan fingerprint density at radius 3 is 1.57 bits per heavy atom. The second-order valence-corrected chi connectivity index (χ2v) is 16.7. The Hall–Kier alpha value is -7.46. The quantitative estimate of drug-likeness (QED) is 0.159. The normalized spacial score (nSPS) is 14.4. The summed E-state index contributed by atoms with van der Waals surface area (Å²) in [6, 6.07) is 84.5. The summed E-state index contributed by atoms with van der Waals surface area (Å²) in [5.74, 6) is 0. The van der Waals surface area contributed by atoms with E-state index in [1.165, 1.54) is 70.7 Å². The third-order valence-corrected chi connectivity index (χ3v) is 13.6. The molecule has 10 aromatic rings. The third-order valence-electron chi connectivity index (χ3n) is 12.4. The molecule has 1 heterocycles. The van der Waals surface area contributed by atoms with Gasteiger partial charge in [-0.05, 0) is 123 Å². The lowest BCUT2D eigenvalue weighted by molar-refractivity contribution is 0.802. The summed E-state index contributed by atoms with van der Waals surface area (Å²) in [6.07, 6.45) is 0. The van der Waals surface area contributed by atoms with E-state index in [1.807, 2.05) is 11.3 Å². The Bertz CT molecular complexity index is 3150. The summed E-state index contributed by atoms with van der Waals surface area (Å²) in [5, 5.41) is 1.31. The van der Waals surface area contributed by atoms with Gasteiger partial charge in [-0.15, -0.1) is 11.3 Å². The van der Waals surface area contributed by atoms with E-state index in [0.717, 1.165) is 28.4 Å². The maximum absolute atomic E-state index is 2.50. The van der Waals surface area contributed by atoms with Crippen molar-refractivity contribution in [1.29, 1.82) is 0 Å². The molecule has 282 valence electrons. The van der Waals surface area contributed by atoms with Crippen LogP contribution in [0.4, 0.5) is 34.1 Å².